The molecule has 0 aliphatic heterocycles. The summed E-state index contributed by atoms with van der Waals surface area (Å²) in [6, 6.07) is 19.4. The van der Waals surface area contributed by atoms with Crippen LogP contribution in [0.25, 0.3) is 10.8 Å². The van der Waals surface area contributed by atoms with E-state index < -0.39 is 34.4 Å². The molecule has 7 nitrogen and oxygen atoms in total. The van der Waals surface area contributed by atoms with E-state index in [4.69, 9.17) is 5.11 Å². The zero-order valence-electron chi connectivity index (χ0n) is 15.4. The van der Waals surface area contributed by atoms with Gasteiger partial charge in [-0.3, -0.25) is 9.59 Å². The number of hydrogen-bond donors (Lipinski definition) is 3. The molecule has 29 heavy (non-hydrogen) atoms. The van der Waals surface area contributed by atoms with Crippen LogP contribution in [-0.2, 0) is 26.2 Å². The fourth-order valence-electron chi connectivity index (χ4n) is 2.86. The molecular weight excluding hydrogens is 392 g/mol. The van der Waals surface area contributed by atoms with Gasteiger partial charge in [-0.1, -0.05) is 60.7 Å². The van der Waals surface area contributed by atoms with E-state index in [9.17, 15) is 18.0 Å². The van der Waals surface area contributed by atoms with Gasteiger partial charge in [0.05, 0.1) is 11.3 Å². The Bertz CT molecular complexity index is 1130. The summed E-state index contributed by atoms with van der Waals surface area (Å²) in [6.45, 7) is 0.160. The number of carbonyl (C=O) groups is 2. The van der Waals surface area contributed by atoms with Gasteiger partial charge in [0.15, 0.2) is 0 Å². The lowest BCUT2D eigenvalue weighted by atomic mass is 10.1. The molecule has 150 valence electrons. The molecule has 0 heterocycles. The smallest absolute Gasteiger partial charge is 0.305 e. The summed E-state index contributed by atoms with van der Waals surface area (Å²) in [4.78, 5) is 23.6. The molecule has 0 aliphatic rings. The lowest BCUT2D eigenvalue weighted by Crippen LogP contribution is -2.47. The molecule has 0 fully saturated rings. The number of carbonyl (C=O) groups excluding carboxylic acids is 1. The van der Waals surface area contributed by atoms with Crippen LogP contribution in [0, 0.1) is 0 Å². The van der Waals surface area contributed by atoms with Crippen LogP contribution in [0.1, 0.15) is 12.0 Å². The van der Waals surface area contributed by atoms with Gasteiger partial charge in [0.25, 0.3) is 0 Å². The Labute approximate surface area is 168 Å². The van der Waals surface area contributed by atoms with Crippen LogP contribution < -0.4 is 10.0 Å². The zero-order valence-corrected chi connectivity index (χ0v) is 16.2. The number of hydrogen-bond acceptors (Lipinski definition) is 4. The van der Waals surface area contributed by atoms with Crippen molar-refractivity contribution in [3.05, 3.63) is 78.4 Å². The van der Waals surface area contributed by atoms with Crippen molar-refractivity contribution in [3.8, 4) is 0 Å². The predicted molar refractivity (Wildman–Crippen MR) is 109 cm³/mol. The van der Waals surface area contributed by atoms with Crippen LogP contribution in [0.5, 0.6) is 0 Å². The Balaban J connectivity index is 1.78. The number of benzene rings is 3. The van der Waals surface area contributed by atoms with Crippen molar-refractivity contribution in [2.45, 2.75) is 23.9 Å². The minimum atomic E-state index is -4.10. The first-order valence-electron chi connectivity index (χ1n) is 8.90. The molecule has 3 aromatic rings. The molecular formula is C21H20N2O5S. The highest BCUT2D eigenvalue weighted by molar-refractivity contribution is 7.89. The highest BCUT2D eigenvalue weighted by Crippen LogP contribution is 2.19. The Morgan fingerprint density at radius 2 is 1.55 bits per heavy atom. The number of rotatable bonds is 8. The second-order valence-corrected chi connectivity index (χ2v) is 8.20. The van der Waals surface area contributed by atoms with Gasteiger partial charge in [-0.15, -0.1) is 0 Å². The van der Waals surface area contributed by atoms with Gasteiger partial charge in [-0.2, -0.15) is 4.72 Å². The standard InChI is InChI=1S/C21H20N2O5S/c24-20(25)13-19(21(26)22-14-15-6-2-1-3-7-15)23-29(27,28)18-11-10-16-8-4-5-9-17(16)12-18/h1-12,19,23H,13-14H2,(H,22,26)(H,24,25)/t19-/m0/s1. The molecule has 0 spiro atoms. The van der Waals surface area contributed by atoms with Gasteiger partial charge in [0.2, 0.25) is 15.9 Å². The third-order valence-electron chi connectivity index (χ3n) is 4.33. The van der Waals surface area contributed by atoms with E-state index in [-0.39, 0.29) is 11.4 Å². The summed E-state index contributed by atoms with van der Waals surface area (Å²) in [5, 5.41) is 13.3. The van der Waals surface area contributed by atoms with Crippen LogP contribution >= 0.6 is 0 Å². The number of sulfonamides is 1. The highest BCUT2D eigenvalue weighted by atomic mass is 32.2. The monoisotopic (exact) mass is 412 g/mol. The molecule has 3 rings (SSSR count). The van der Waals surface area contributed by atoms with Crippen molar-refractivity contribution in [2.75, 3.05) is 0 Å². The molecule has 0 unspecified atom stereocenters. The summed E-state index contributed by atoms with van der Waals surface area (Å²) in [6.07, 6.45) is -0.673. The fourth-order valence-corrected chi connectivity index (χ4v) is 4.09. The van der Waals surface area contributed by atoms with Crippen molar-refractivity contribution < 1.29 is 23.1 Å². The third-order valence-corrected chi connectivity index (χ3v) is 5.80. The first kappa shape index (κ1) is 20.5. The van der Waals surface area contributed by atoms with Gasteiger partial charge < -0.3 is 10.4 Å². The summed E-state index contributed by atoms with van der Waals surface area (Å²) in [5.74, 6) is -1.99. The maximum Gasteiger partial charge on any atom is 0.305 e. The second-order valence-electron chi connectivity index (χ2n) is 6.48. The van der Waals surface area contributed by atoms with Crippen LogP contribution in [-0.4, -0.2) is 31.4 Å². The lowest BCUT2D eigenvalue weighted by molar-refractivity contribution is -0.139. The summed E-state index contributed by atoms with van der Waals surface area (Å²) >= 11 is 0. The van der Waals surface area contributed by atoms with E-state index in [2.05, 4.69) is 10.0 Å². The predicted octanol–water partition coefficient (Wildman–Crippen LogP) is 2.28. The normalized spacial score (nSPS) is 12.4. The Morgan fingerprint density at radius 3 is 2.24 bits per heavy atom. The van der Waals surface area contributed by atoms with E-state index in [0.717, 1.165) is 16.3 Å². The highest BCUT2D eigenvalue weighted by Gasteiger charge is 2.28. The SMILES string of the molecule is O=C(O)C[C@H](NS(=O)(=O)c1ccc2ccccc2c1)C(=O)NCc1ccccc1. The van der Waals surface area contributed by atoms with Gasteiger partial charge in [0.1, 0.15) is 6.04 Å². The van der Waals surface area contributed by atoms with Gasteiger partial charge in [-0.05, 0) is 28.5 Å². The molecule has 3 N–H and O–H groups in total. The van der Waals surface area contributed by atoms with E-state index in [0.29, 0.717) is 0 Å². The van der Waals surface area contributed by atoms with E-state index in [1.165, 1.54) is 12.1 Å². The third kappa shape index (κ3) is 5.40. The van der Waals surface area contributed by atoms with Gasteiger partial charge >= 0.3 is 5.97 Å². The topological polar surface area (TPSA) is 113 Å². The molecule has 0 aromatic heterocycles. The molecule has 0 radical (unpaired) electrons. The van der Waals surface area contributed by atoms with Crippen LogP contribution in [0.3, 0.4) is 0 Å². The first-order valence-corrected chi connectivity index (χ1v) is 10.4. The Hall–Kier alpha value is -3.23. The lowest BCUT2D eigenvalue weighted by Gasteiger charge is -2.17. The van der Waals surface area contributed by atoms with Crippen molar-refractivity contribution in [3.63, 3.8) is 0 Å². The summed E-state index contributed by atoms with van der Waals surface area (Å²) in [7, 11) is -4.10. The number of aliphatic carboxylic acids is 1. The zero-order chi connectivity index (χ0) is 20.9. The maximum atomic E-state index is 12.8. The van der Waals surface area contributed by atoms with Crippen molar-refractivity contribution in [1.29, 1.82) is 0 Å². The average Bonchev–Trinajstić information content (AvgIpc) is 2.71. The number of carboxylic acids is 1. The van der Waals surface area contributed by atoms with Crippen LogP contribution in [0.4, 0.5) is 0 Å². The fraction of sp³-hybridized carbons (Fsp3) is 0.143. The Morgan fingerprint density at radius 1 is 0.897 bits per heavy atom. The molecule has 8 heteroatoms. The Kier molecular flexibility index (Phi) is 6.26. The average molecular weight is 412 g/mol. The largest absolute Gasteiger partial charge is 0.481 e. The summed E-state index contributed by atoms with van der Waals surface area (Å²) in [5.41, 5.74) is 0.812. The van der Waals surface area contributed by atoms with E-state index in [1.54, 1.807) is 42.5 Å². The quantitative estimate of drug-likeness (QED) is 0.525. The van der Waals surface area contributed by atoms with Crippen molar-refractivity contribution in [2.24, 2.45) is 0 Å². The van der Waals surface area contributed by atoms with E-state index in [1.807, 2.05) is 18.2 Å². The van der Waals surface area contributed by atoms with Gasteiger partial charge in [0, 0.05) is 6.54 Å². The molecule has 0 saturated heterocycles. The number of carboxylic acid groups (broad SMARTS) is 1. The number of fused-ring (bicyclic) bond motifs is 1. The molecule has 1 atom stereocenters. The minimum absolute atomic E-state index is 0.0394. The first-order chi connectivity index (χ1) is 13.8. The number of amides is 1. The minimum Gasteiger partial charge on any atom is -0.481 e. The van der Waals surface area contributed by atoms with Crippen LogP contribution in [0.2, 0.25) is 0 Å². The second kappa shape index (κ2) is 8.85. The van der Waals surface area contributed by atoms with Crippen molar-refractivity contribution in [1.82, 2.24) is 10.0 Å². The number of nitrogens with one attached hydrogen (secondary N) is 2. The summed E-state index contributed by atoms with van der Waals surface area (Å²) < 4.78 is 27.7. The molecule has 0 bridgehead atoms. The molecule has 1 amide bonds. The molecule has 0 saturated carbocycles. The van der Waals surface area contributed by atoms with Gasteiger partial charge in [-0.25, -0.2) is 8.42 Å². The van der Waals surface area contributed by atoms with E-state index >= 15 is 0 Å². The molecule has 0 aliphatic carbocycles. The maximum absolute atomic E-state index is 12.8. The molecule has 3 aromatic carbocycles. The van der Waals surface area contributed by atoms with Crippen LogP contribution in [0.15, 0.2) is 77.7 Å². The van der Waals surface area contributed by atoms with Crippen molar-refractivity contribution >= 4 is 32.7 Å².